The minimum atomic E-state index is -0.663. The van der Waals surface area contributed by atoms with E-state index in [1.165, 1.54) is 26.4 Å². The molecule has 0 aromatic heterocycles. The number of carbonyl (C=O) groups excluding carboxylic acids is 3. The highest BCUT2D eigenvalue weighted by molar-refractivity contribution is 6.00. The molecule has 0 spiro atoms. The molecular formula is C22H19NO6. The largest absolute Gasteiger partial charge is 0.496 e. The fourth-order valence-electron chi connectivity index (χ4n) is 2.76. The molecule has 0 bridgehead atoms. The third-order valence-electron chi connectivity index (χ3n) is 4.21. The van der Waals surface area contributed by atoms with Gasteiger partial charge in [-0.2, -0.15) is 0 Å². The van der Waals surface area contributed by atoms with Crippen molar-refractivity contribution in [2.24, 2.45) is 0 Å². The first-order valence-corrected chi connectivity index (χ1v) is 8.74. The zero-order chi connectivity index (χ0) is 20.8. The van der Waals surface area contributed by atoms with Crippen LogP contribution in [0.1, 0.15) is 20.7 Å². The number of ether oxygens (including phenoxy) is 3. The van der Waals surface area contributed by atoms with E-state index in [9.17, 15) is 14.4 Å². The van der Waals surface area contributed by atoms with Gasteiger partial charge in [-0.05, 0) is 47.2 Å². The Morgan fingerprint density at radius 1 is 0.862 bits per heavy atom. The number of esters is 2. The number of nitrogens with one attached hydrogen (secondary N) is 1. The molecule has 0 aliphatic carbocycles. The van der Waals surface area contributed by atoms with Crippen LogP contribution in [0.2, 0.25) is 0 Å². The molecule has 3 aromatic carbocycles. The standard InChI is InChI=1S/C22H19NO6/c1-27-19-12-16-6-4-3-5-15(16)11-18(19)22(26)29-13-20(24)23-17-9-7-14(8-10-17)21(25)28-2/h3-12H,13H2,1-2H3,(H,23,24). The van der Waals surface area contributed by atoms with E-state index in [1.807, 2.05) is 24.3 Å². The van der Waals surface area contributed by atoms with Gasteiger partial charge in [-0.3, -0.25) is 4.79 Å². The average Bonchev–Trinajstić information content (AvgIpc) is 2.76. The summed E-state index contributed by atoms with van der Waals surface area (Å²) in [5.74, 6) is -1.28. The van der Waals surface area contributed by atoms with Gasteiger partial charge in [0.05, 0.1) is 19.8 Å². The fraction of sp³-hybridized carbons (Fsp3) is 0.136. The van der Waals surface area contributed by atoms with E-state index in [2.05, 4.69) is 10.1 Å². The van der Waals surface area contributed by atoms with E-state index < -0.39 is 24.5 Å². The van der Waals surface area contributed by atoms with Crippen LogP contribution in [0.5, 0.6) is 5.75 Å². The second kappa shape index (κ2) is 8.88. The summed E-state index contributed by atoms with van der Waals surface area (Å²) in [5, 5.41) is 4.37. The van der Waals surface area contributed by atoms with E-state index >= 15 is 0 Å². The lowest BCUT2D eigenvalue weighted by Crippen LogP contribution is -2.21. The fourth-order valence-corrected chi connectivity index (χ4v) is 2.76. The van der Waals surface area contributed by atoms with Crippen molar-refractivity contribution < 1.29 is 28.6 Å². The molecule has 7 heteroatoms. The molecule has 0 saturated carbocycles. The van der Waals surface area contributed by atoms with Crippen LogP contribution in [0.15, 0.2) is 60.7 Å². The quantitative estimate of drug-likeness (QED) is 0.645. The van der Waals surface area contributed by atoms with Crippen LogP contribution in [-0.2, 0) is 14.3 Å². The number of benzene rings is 3. The summed E-state index contributed by atoms with van der Waals surface area (Å²) in [7, 11) is 2.75. The van der Waals surface area contributed by atoms with Gasteiger partial charge in [0, 0.05) is 5.69 Å². The first kappa shape index (κ1) is 19.9. The Hall–Kier alpha value is -3.87. The minimum Gasteiger partial charge on any atom is -0.496 e. The summed E-state index contributed by atoms with van der Waals surface area (Å²) >= 11 is 0. The molecule has 0 radical (unpaired) electrons. The summed E-state index contributed by atoms with van der Waals surface area (Å²) < 4.78 is 15.0. The maximum Gasteiger partial charge on any atom is 0.342 e. The number of methoxy groups -OCH3 is 2. The SMILES string of the molecule is COC(=O)c1ccc(NC(=O)COC(=O)c2cc3ccccc3cc2OC)cc1. The van der Waals surface area contributed by atoms with Gasteiger partial charge in [0.25, 0.3) is 5.91 Å². The molecule has 0 atom stereocenters. The summed E-state index contributed by atoms with van der Waals surface area (Å²) in [4.78, 5) is 35.9. The topological polar surface area (TPSA) is 90.9 Å². The van der Waals surface area contributed by atoms with Gasteiger partial charge >= 0.3 is 11.9 Å². The number of amides is 1. The van der Waals surface area contributed by atoms with E-state index in [0.29, 0.717) is 17.0 Å². The second-order valence-electron chi connectivity index (χ2n) is 6.09. The van der Waals surface area contributed by atoms with Crippen LogP contribution in [0, 0.1) is 0 Å². The van der Waals surface area contributed by atoms with Crippen molar-refractivity contribution in [1.29, 1.82) is 0 Å². The van der Waals surface area contributed by atoms with Gasteiger partial charge in [-0.1, -0.05) is 24.3 Å². The monoisotopic (exact) mass is 393 g/mol. The number of fused-ring (bicyclic) bond motifs is 1. The highest BCUT2D eigenvalue weighted by atomic mass is 16.5. The van der Waals surface area contributed by atoms with Crippen molar-refractivity contribution in [2.75, 3.05) is 26.1 Å². The number of anilines is 1. The number of carbonyl (C=O) groups is 3. The predicted octanol–water partition coefficient (Wildman–Crippen LogP) is 3.43. The van der Waals surface area contributed by atoms with E-state index in [4.69, 9.17) is 9.47 Å². The Kier molecular flexibility index (Phi) is 6.09. The number of rotatable bonds is 6. The molecule has 7 nitrogen and oxygen atoms in total. The third-order valence-corrected chi connectivity index (χ3v) is 4.21. The molecule has 0 saturated heterocycles. The molecule has 0 aliphatic rings. The van der Waals surface area contributed by atoms with E-state index in [0.717, 1.165) is 10.8 Å². The summed E-state index contributed by atoms with van der Waals surface area (Å²) in [6.45, 7) is -0.465. The number of hydrogen-bond acceptors (Lipinski definition) is 6. The summed E-state index contributed by atoms with van der Waals surface area (Å²) in [6.07, 6.45) is 0. The Morgan fingerprint density at radius 2 is 1.52 bits per heavy atom. The van der Waals surface area contributed by atoms with Gasteiger partial charge < -0.3 is 19.5 Å². The molecular weight excluding hydrogens is 374 g/mol. The van der Waals surface area contributed by atoms with Crippen molar-refractivity contribution in [1.82, 2.24) is 0 Å². The zero-order valence-corrected chi connectivity index (χ0v) is 15.9. The molecule has 0 aliphatic heterocycles. The minimum absolute atomic E-state index is 0.237. The molecule has 148 valence electrons. The molecule has 0 unspecified atom stereocenters. The normalized spacial score (nSPS) is 10.3. The highest BCUT2D eigenvalue weighted by Gasteiger charge is 2.17. The van der Waals surface area contributed by atoms with Crippen LogP contribution in [0.3, 0.4) is 0 Å². The molecule has 29 heavy (non-hydrogen) atoms. The van der Waals surface area contributed by atoms with Crippen molar-refractivity contribution >= 4 is 34.3 Å². The van der Waals surface area contributed by atoms with Crippen LogP contribution < -0.4 is 10.1 Å². The smallest absolute Gasteiger partial charge is 0.342 e. The van der Waals surface area contributed by atoms with Crippen molar-refractivity contribution in [3.8, 4) is 5.75 Å². The van der Waals surface area contributed by atoms with Crippen LogP contribution in [0.25, 0.3) is 10.8 Å². The van der Waals surface area contributed by atoms with Crippen molar-refractivity contribution in [3.05, 3.63) is 71.8 Å². The molecule has 3 rings (SSSR count). The number of hydrogen-bond donors (Lipinski definition) is 1. The predicted molar refractivity (Wildman–Crippen MR) is 107 cm³/mol. The maximum atomic E-state index is 12.4. The zero-order valence-electron chi connectivity index (χ0n) is 15.9. The second-order valence-corrected chi connectivity index (χ2v) is 6.09. The Bertz CT molecular complexity index is 1060. The Labute approximate surface area is 167 Å². The lowest BCUT2D eigenvalue weighted by atomic mass is 10.1. The van der Waals surface area contributed by atoms with Gasteiger partial charge in [-0.15, -0.1) is 0 Å². The van der Waals surface area contributed by atoms with Crippen molar-refractivity contribution in [3.63, 3.8) is 0 Å². The van der Waals surface area contributed by atoms with Crippen LogP contribution in [0.4, 0.5) is 5.69 Å². The van der Waals surface area contributed by atoms with Crippen molar-refractivity contribution in [2.45, 2.75) is 0 Å². The first-order chi connectivity index (χ1) is 14.0. The lowest BCUT2D eigenvalue weighted by molar-refractivity contribution is -0.119. The molecule has 1 N–H and O–H groups in total. The molecule has 0 fully saturated rings. The van der Waals surface area contributed by atoms with Gasteiger partial charge in [0.15, 0.2) is 6.61 Å². The van der Waals surface area contributed by atoms with Gasteiger partial charge in [-0.25, -0.2) is 9.59 Å². The molecule has 3 aromatic rings. The third kappa shape index (κ3) is 4.70. The summed E-state index contributed by atoms with van der Waals surface area (Å²) in [5.41, 5.74) is 1.06. The first-order valence-electron chi connectivity index (χ1n) is 8.74. The van der Waals surface area contributed by atoms with Crippen LogP contribution in [-0.4, -0.2) is 38.7 Å². The Balaban J connectivity index is 1.63. The van der Waals surface area contributed by atoms with Gasteiger partial charge in [0.2, 0.25) is 0 Å². The molecule has 0 heterocycles. The lowest BCUT2D eigenvalue weighted by Gasteiger charge is -2.11. The average molecular weight is 393 g/mol. The Morgan fingerprint density at radius 3 is 2.14 bits per heavy atom. The highest BCUT2D eigenvalue weighted by Crippen LogP contribution is 2.26. The van der Waals surface area contributed by atoms with E-state index in [1.54, 1.807) is 24.3 Å². The molecule has 1 amide bonds. The van der Waals surface area contributed by atoms with Crippen LogP contribution >= 0.6 is 0 Å². The van der Waals surface area contributed by atoms with E-state index in [-0.39, 0.29) is 5.56 Å². The maximum absolute atomic E-state index is 12.4. The van der Waals surface area contributed by atoms with Gasteiger partial charge in [0.1, 0.15) is 11.3 Å². The summed E-state index contributed by atoms with van der Waals surface area (Å²) in [6, 6.07) is 17.1.